The Hall–Kier alpha value is 0.846. The van der Waals surface area contributed by atoms with Crippen molar-refractivity contribution in [1.29, 1.82) is 0 Å². The molecular formula is C84H136Cl4Zr2. The number of hydrogen-bond donors (Lipinski definition) is 0. The van der Waals surface area contributed by atoms with Gasteiger partial charge >= 0.3 is 75.7 Å². The Morgan fingerprint density at radius 3 is 0.822 bits per heavy atom. The molecule has 0 aromatic carbocycles. The molecule has 8 fully saturated rings. The van der Waals surface area contributed by atoms with Gasteiger partial charge in [0.15, 0.2) is 0 Å². The fourth-order valence-electron chi connectivity index (χ4n) is 23.2. The van der Waals surface area contributed by atoms with Crippen LogP contribution in [0.5, 0.6) is 0 Å². The molecule has 0 amide bonds. The fourth-order valence-corrected chi connectivity index (χ4v) is 23.2. The molecule has 16 unspecified atom stereocenters. The molecule has 0 aromatic rings. The van der Waals surface area contributed by atoms with Crippen molar-refractivity contribution >= 4 is 34.1 Å². The summed E-state index contributed by atoms with van der Waals surface area (Å²) in [5.41, 5.74) is 14.0. The Morgan fingerprint density at radius 1 is 0.344 bits per heavy atom. The molecule has 90 heavy (non-hydrogen) atoms. The molecule has 8 saturated carbocycles. The zero-order chi connectivity index (χ0) is 64.3. The first-order valence-corrected chi connectivity index (χ1v) is 47.5. The zero-order valence-corrected chi connectivity index (χ0v) is 71.5. The van der Waals surface area contributed by atoms with E-state index in [1.165, 1.54) is 64.2 Å². The van der Waals surface area contributed by atoms with Gasteiger partial charge in [-0.1, -0.05) is 241 Å². The maximum atomic E-state index is 4.93. The molecule has 16 atom stereocenters. The van der Waals surface area contributed by atoms with Gasteiger partial charge in [-0.05, 0) is 257 Å². The van der Waals surface area contributed by atoms with Crippen LogP contribution >= 0.6 is 34.1 Å². The summed E-state index contributed by atoms with van der Waals surface area (Å²) < 4.78 is 0. The van der Waals surface area contributed by atoms with Gasteiger partial charge < -0.3 is 29.7 Å². The first-order valence-electron chi connectivity index (χ1n) is 34.8. The normalized spacial score (nSPS) is 39.9. The van der Waals surface area contributed by atoms with Gasteiger partial charge in [-0.25, -0.2) is 0 Å². The van der Waals surface area contributed by atoms with E-state index in [9.17, 15) is 0 Å². The van der Waals surface area contributed by atoms with E-state index in [1.807, 2.05) is 0 Å². The molecule has 0 aliphatic heterocycles. The van der Waals surface area contributed by atoms with Gasteiger partial charge in [0.25, 0.3) is 0 Å². The first-order chi connectivity index (χ1) is 39.2. The topological polar surface area (TPSA) is 0 Å². The maximum absolute atomic E-state index is 4.93. The van der Waals surface area contributed by atoms with Crippen molar-refractivity contribution in [2.24, 2.45) is 160 Å². The van der Waals surface area contributed by atoms with Crippen LogP contribution < -0.4 is 0 Å². The van der Waals surface area contributed by atoms with Crippen LogP contribution in [0.15, 0.2) is 94.2 Å². The van der Waals surface area contributed by atoms with E-state index >= 15 is 0 Å². The van der Waals surface area contributed by atoms with Crippen molar-refractivity contribution in [3.63, 3.8) is 0 Å². The summed E-state index contributed by atoms with van der Waals surface area (Å²) in [6.07, 6.45) is 41.4. The van der Waals surface area contributed by atoms with Crippen molar-refractivity contribution in [3.8, 4) is 0 Å². The van der Waals surface area contributed by atoms with E-state index in [1.54, 1.807) is 33.4 Å². The molecule has 0 spiro atoms. The van der Waals surface area contributed by atoms with Gasteiger partial charge in [0.1, 0.15) is 0 Å². The number of rotatable bonds is 2. The fraction of sp³-hybridized carbons (Fsp3) is 0.762. The predicted molar refractivity (Wildman–Crippen MR) is 395 cm³/mol. The van der Waals surface area contributed by atoms with E-state index in [0.29, 0.717) is 79.8 Å². The number of allylic oxidation sites excluding steroid dienone is 16. The molecule has 6 heteroatoms. The van der Waals surface area contributed by atoms with Crippen LogP contribution in [-0.4, -0.2) is 0 Å². The summed E-state index contributed by atoms with van der Waals surface area (Å²) in [7, 11) is 19.7. The molecule has 0 bridgehead atoms. The SMILES string of the molecule is CC(C)(C)C1=CC2C(C=C1)C1C=CC(C(C)(C)C)=CC1C2C1(C)CC(C)(C)C2CC(C(C)(C)C)CC21.CC1(C)CCC(C)(C)C2=CC3C(C=C21)C1C=C2C(=CC1C3C1(C)CC(C)(C)C3CC(C(C)(C)C)CC31)C(C)(C)CCC2(C)C.[CH3-].[CH3-].[CH3-].[CH3-].[Cl][Zr+2][Cl].[Cl][Zr+2][Cl]. The quantitative estimate of drug-likeness (QED) is 0.242. The van der Waals surface area contributed by atoms with Crippen molar-refractivity contribution in [1.82, 2.24) is 0 Å². The van der Waals surface area contributed by atoms with Crippen LogP contribution in [0.25, 0.3) is 0 Å². The van der Waals surface area contributed by atoms with Crippen molar-refractivity contribution in [3.05, 3.63) is 124 Å². The van der Waals surface area contributed by atoms with Gasteiger partial charge in [0.05, 0.1) is 0 Å². The van der Waals surface area contributed by atoms with Crippen LogP contribution in [0, 0.1) is 189 Å². The van der Waals surface area contributed by atoms with Crippen molar-refractivity contribution < 1.29 is 41.7 Å². The van der Waals surface area contributed by atoms with Gasteiger partial charge in [-0.15, -0.1) is 0 Å². The van der Waals surface area contributed by atoms with Crippen LogP contribution in [-0.2, 0) is 41.7 Å². The van der Waals surface area contributed by atoms with E-state index < -0.39 is 41.7 Å². The Labute approximate surface area is 597 Å². The number of halogens is 4. The van der Waals surface area contributed by atoms with Crippen molar-refractivity contribution in [2.45, 2.75) is 244 Å². The Bertz CT molecular complexity index is 2680. The Balaban J connectivity index is 0.000000294. The standard InChI is InChI=1S/C44H68.C36H56.4CH3.4ClH.2Zr/c1-38(2,3)26-19-31-36(20-26)44(14,25-43(31,12)13)37-29-23-34-32(39(4,5)15-17-41(34,8)9)21-27(29)28-22-33-35(24-30(28)37)42(10,11)18-16-40(33,6)7;1-32(2,3)22-13-15-25-26-16-14-23(33(4,5)6)18-28(26)31(27(25)17-22)36(12)21-35(10,11)29-19-24(20-30(29)36)34(7,8)9;;;;;;;;;;/h21-24,26-31,36-37H,15-20,25H2,1-14H3;13-18,24-31H,19-21H2,1-12H3;4*1H3;4*1H;;/q;;4*-1;;;;;2*+4/p-4. The summed E-state index contributed by atoms with van der Waals surface area (Å²) in [4.78, 5) is 0. The molecule has 0 heterocycles. The van der Waals surface area contributed by atoms with Crippen molar-refractivity contribution in [2.75, 3.05) is 0 Å². The molecule has 12 aliphatic carbocycles. The first kappa shape index (κ1) is 81.5. The van der Waals surface area contributed by atoms with E-state index in [4.69, 9.17) is 34.1 Å². The second-order valence-corrected chi connectivity index (χ2v) is 47.4. The van der Waals surface area contributed by atoms with Crippen LogP contribution in [0.4, 0.5) is 0 Å². The monoisotopic (exact) mass is 1460 g/mol. The summed E-state index contributed by atoms with van der Waals surface area (Å²) >= 11 is -1.65. The average Bonchev–Trinajstić information content (AvgIpc) is 1.52. The van der Waals surface area contributed by atoms with Gasteiger partial charge in [-0.2, -0.15) is 0 Å². The second kappa shape index (κ2) is 27.4. The summed E-state index contributed by atoms with van der Waals surface area (Å²) in [6, 6.07) is 0. The Morgan fingerprint density at radius 2 is 0.578 bits per heavy atom. The third-order valence-corrected chi connectivity index (χ3v) is 28.0. The molecule has 12 rings (SSSR count). The molecular weight excluding hydrogens is 1330 g/mol. The van der Waals surface area contributed by atoms with Crippen LogP contribution in [0.2, 0.25) is 0 Å². The summed E-state index contributed by atoms with van der Waals surface area (Å²) in [5, 5.41) is 0. The van der Waals surface area contributed by atoms with Crippen LogP contribution in [0.3, 0.4) is 0 Å². The summed E-state index contributed by atoms with van der Waals surface area (Å²) in [6.45, 7) is 66.1. The van der Waals surface area contributed by atoms with E-state index in [-0.39, 0.29) is 62.2 Å². The number of fused-ring (bicyclic) bond motifs is 10. The minimum absolute atomic E-state index is 0. The molecule has 0 saturated heterocycles. The van der Waals surface area contributed by atoms with Gasteiger partial charge in [-0.3, -0.25) is 0 Å². The van der Waals surface area contributed by atoms with Gasteiger partial charge in [0.2, 0.25) is 0 Å². The minimum atomic E-state index is -0.826. The molecule has 0 nitrogen and oxygen atoms in total. The van der Waals surface area contributed by atoms with E-state index in [0.717, 1.165) is 47.3 Å². The molecule has 0 aromatic heterocycles. The van der Waals surface area contributed by atoms with Gasteiger partial charge in [0, 0.05) is 0 Å². The molecule has 12 aliphatic rings. The second-order valence-electron chi connectivity index (χ2n) is 40.0. The predicted octanol–water partition coefficient (Wildman–Crippen LogP) is 27.5. The average molecular weight is 1470 g/mol. The van der Waals surface area contributed by atoms with E-state index in [2.05, 4.69) is 241 Å². The molecule has 508 valence electrons. The molecule has 0 radical (unpaired) electrons. The number of hydrogen-bond acceptors (Lipinski definition) is 0. The summed E-state index contributed by atoms with van der Waals surface area (Å²) in [5.74, 6) is 11.8. The third kappa shape index (κ3) is 14.6. The van der Waals surface area contributed by atoms with Crippen LogP contribution in [0.1, 0.15) is 244 Å². The third-order valence-electron chi connectivity index (χ3n) is 28.0. The Kier molecular flexibility index (Phi) is 24.8. The zero-order valence-electron chi connectivity index (χ0n) is 63.6. The molecule has 0 N–H and O–H groups in total.